The molecule has 0 bridgehead atoms. The van der Waals surface area contributed by atoms with E-state index in [-0.39, 0.29) is 17.4 Å². The van der Waals surface area contributed by atoms with Crippen LogP contribution in [0.1, 0.15) is 36.2 Å². The summed E-state index contributed by atoms with van der Waals surface area (Å²) in [7, 11) is 0. The van der Waals surface area contributed by atoms with E-state index in [0.717, 1.165) is 34.2 Å². The number of benzene rings is 1. The van der Waals surface area contributed by atoms with Gasteiger partial charge in [0, 0.05) is 22.7 Å². The van der Waals surface area contributed by atoms with Crippen LogP contribution in [-0.4, -0.2) is 29.9 Å². The van der Waals surface area contributed by atoms with Crippen molar-refractivity contribution in [2.24, 2.45) is 11.1 Å². The molecule has 1 saturated heterocycles. The van der Waals surface area contributed by atoms with Crippen molar-refractivity contribution in [3.8, 4) is 0 Å². The molecule has 0 saturated carbocycles. The Hall–Kier alpha value is -0.620. The summed E-state index contributed by atoms with van der Waals surface area (Å²) in [6.07, 6.45) is 0.876. The zero-order valence-corrected chi connectivity index (χ0v) is 13.9. The largest absolute Gasteiger partial charge is 0.338 e. The summed E-state index contributed by atoms with van der Waals surface area (Å²) in [5.74, 6) is 0.132. The van der Waals surface area contributed by atoms with Crippen molar-refractivity contribution in [2.45, 2.75) is 33.2 Å². The van der Waals surface area contributed by atoms with Crippen molar-refractivity contribution >= 4 is 28.5 Å². The summed E-state index contributed by atoms with van der Waals surface area (Å²) < 4.78 is 1.01. The molecule has 3 nitrogen and oxygen atoms in total. The second-order valence-corrected chi connectivity index (χ2v) is 7.26. The van der Waals surface area contributed by atoms with Crippen LogP contribution in [0.2, 0.25) is 0 Å². The van der Waals surface area contributed by atoms with Gasteiger partial charge in [0.2, 0.25) is 0 Å². The molecule has 1 aliphatic heterocycles. The number of aryl methyl sites for hydroxylation is 1. The van der Waals surface area contributed by atoms with Gasteiger partial charge in [-0.1, -0.05) is 25.5 Å². The van der Waals surface area contributed by atoms with Gasteiger partial charge in [0.25, 0.3) is 5.91 Å². The monoisotopic (exact) mass is 372 g/mol. The molecule has 1 atom stereocenters. The Bertz CT molecular complexity index is 499. The average molecular weight is 372 g/mol. The molecule has 1 aromatic carbocycles. The molecule has 1 unspecified atom stereocenters. The van der Waals surface area contributed by atoms with Gasteiger partial charge >= 0.3 is 0 Å². The van der Waals surface area contributed by atoms with E-state index >= 15 is 0 Å². The topological polar surface area (TPSA) is 46.3 Å². The first-order chi connectivity index (χ1) is 8.81. The molecular weight excluding hydrogens is 351 g/mol. The third-order valence-electron chi connectivity index (χ3n) is 3.95. The highest BCUT2D eigenvalue weighted by Crippen LogP contribution is 2.29. The van der Waals surface area contributed by atoms with Crippen LogP contribution >= 0.6 is 22.6 Å². The number of carbonyl (C=O) groups excluding carboxylic acids is 1. The number of hydrogen-bond acceptors (Lipinski definition) is 2. The number of halogens is 1. The van der Waals surface area contributed by atoms with Crippen molar-refractivity contribution in [3.05, 3.63) is 32.9 Å². The van der Waals surface area contributed by atoms with Crippen molar-refractivity contribution in [3.63, 3.8) is 0 Å². The highest BCUT2D eigenvalue weighted by Gasteiger charge is 2.35. The Morgan fingerprint density at radius 3 is 2.79 bits per heavy atom. The summed E-state index contributed by atoms with van der Waals surface area (Å²) in [5, 5.41) is 0. The van der Waals surface area contributed by atoms with E-state index in [2.05, 4.69) is 36.4 Å². The highest BCUT2D eigenvalue weighted by atomic mass is 127. The number of carbonyl (C=O) groups is 1. The van der Waals surface area contributed by atoms with Gasteiger partial charge in [0.05, 0.1) is 5.56 Å². The van der Waals surface area contributed by atoms with Crippen LogP contribution in [0.25, 0.3) is 0 Å². The smallest absolute Gasteiger partial charge is 0.254 e. The lowest BCUT2D eigenvalue weighted by Crippen LogP contribution is -2.54. The summed E-state index contributed by atoms with van der Waals surface area (Å²) in [5.41, 5.74) is 8.05. The van der Waals surface area contributed by atoms with Gasteiger partial charge in [-0.25, -0.2) is 0 Å². The van der Waals surface area contributed by atoms with Gasteiger partial charge in [-0.3, -0.25) is 4.79 Å². The Labute approximate surface area is 128 Å². The van der Waals surface area contributed by atoms with E-state index in [9.17, 15) is 4.79 Å². The first-order valence-electron chi connectivity index (χ1n) is 6.62. The van der Waals surface area contributed by atoms with Crippen LogP contribution < -0.4 is 5.73 Å². The van der Waals surface area contributed by atoms with Crippen LogP contribution in [0.15, 0.2) is 18.2 Å². The van der Waals surface area contributed by atoms with Crippen molar-refractivity contribution in [2.75, 3.05) is 13.1 Å². The van der Waals surface area contributed by atoms with Crippen molar-refractivity contribution in [1.29, 1.82) is 0 Å². The fraction of sp³-hybridized carbons (Fsp3) is 0.533. The van der Waals surface area contributed by atoms with Crippen molar-refractivity contribution < 1.29 is 4.79 Å². The first kappa shape index (κ1) is 14.8. The SMILES string of the molecule is Cc1ccc(I)c(C(=O)N2CCC(N)C(C)(C)C2)c1. The maximum absolute atomic E-state index is 12.6. The van der Waals surface area contributed by atoms with Gasteiger partial charge in [0.15, 0.2) is 0 Å². The van der Waals surface area contributed by atoms with E-state index in [1.807, 2.05) is 30.0 Å². The molecule has 0 aliphatic carbocycles. The number of rotatable bonds is 1. The molecule has 1 fully saturated rings. The summed E-state index contributed by atoms with van der Waals surface area (Å²) in [4.78, 5) is 14.6. The lowest BCUT2D eigenvalue weighted by Gasteiger charge is -2.42. The molecule has 0 radical (unpaired) electrons. The minimum atomic E-state index is -0.0107. The maximum Gasteiger partial charge on any atom is 0.254 e. The third kappa shape index (κ3) is 3.11. The fourth-order valence-corrected chi connectivity index (χ4v) is 3.09. The Balaban J connectivity index is 2.23. The van der Waals surface area contributed by atoms with Crippen LogP contribution in [0, 0.1) is 15.9 Å². The van der Waals surface area contributed by atoms with Crippen LogP contribution in [-0.2, 0) is 0 Å². The summed E-state index contributed by atoms with van der Waals surface area (Å²) in [6.45, 7) is 7.78. The summed E-state index contributed by atoms with van der Waals surface area (Å²) in [6, 6.07) is 6.19. The van der Waals surface area contributed by atoms with Gasteiger partial charge in [-0.15, -0.1) is 0 Å². The normalized spacial score (nSPS) is 22.4. The quantitative estimate of drug-likeness (QED) is 0.771. The van der Waals surface area contributed by atoms with Crippen LogP contribution in [0.3, 0.4) is 0 Å². The minimum absolute atomic E-state index is 0.0107. The zero-order valence-electron chi connectivity index (χ0n) is 11.7. The van der Waals surface area contributed by atoms with Gasteiger partial charge in [0.1, 0.15) is 0 Å². The lowest BCUT2D eigenvalue weighted by molar-refractivity contribution is 0.0532. The average Bonchev–Trinajstić information content (AvgIpc) is 2.35. The number of amides is 1. The number of likely N-dealkylation sites (tertiary alicyclic amines) is 1. The van der Waals surface area contributed by atoms with Gasteiger partial charge < -0.3 is 10.6 Å². The van der Waals surface area contributed by atoms with E-state index in [4.69, 9.17) is 5.73 Å². The molecule has 2 rings (SSSR count). The summed E-state index contributed by atoms with van der Waals surface area (Å²) >= 11 is 2.23. The minimum Gasteiger partial charge on any atom is -0.338 e. The predicted octanol–water partition coefficient (Wildman–Crippen LogP) is 2.80. The second kappa shape index (κ2) is 5.40. The Morgan fingerprint density at radius 2 is 2.16 bits per heavy atom. The number of nitrogens with two attached hydrogens (primary N) is 1. The zero-order chi connectivity index (χ0) is 14.2. The number of piperidine rings is 1. The molecule has 0 spiro atoms. The van der Waals surface area contributed by atoms with Crippen LogP contribution in [0.5, 0.6) is 0 Å². The molecule has 1 aliphatic rings. The molecule has 104 valence electrons. The standard InChI is InChI=1S/C15H21IN2O/c1-10-4-5-12(16)11(8-10)14(19)18-7-6-13(17)15(2,3)9-18/h4-5,8,13H,6-7,9,17H2,1-3H3. The fourth-order valence-electron chi connectivity index (χ4n) is 2.52. The first-order valence-corrected chi connectivity index (χ1v) is 7.70. The lowest BCUT2D eigenvalue weighted by atomic mass is 9.79. The molecule has 19 heavy (non-hydrogen) atoms. The number of nitrogens with zero attached hydrogens (tertiary/aromatic N) is 1. The molecule has 1 heterocycles. The molecular formula is C15H21IN2O. The van der Waals surface area contributed by atoms with Gasteiger partial charge in [-0.2, -0.15) is 0 Å². The Kier molecular flexibility index (Phi) is 4.20. The van der Waals surface area contributed by atoms with Gasteiger partial charge in [-0.05, 0) is 53.5 Å². The van der Waals surface area contributed by atoms with E-state index in [1.165, 1.54) is 0 Å². The molecule has 0 aromatic heterocycles. The van der Waals surface area contributed by atoms with E-state index in [0.29, 0.717) is 0 Å². The van der Waals surface area contributed by atoms with Crippen molar-refractivity contribution in [1.82, 2.24) is 4.90 Å². The van der Waals surface area contributed by atoms with E-state index < -0.39 is 0 Å². The molecule has 4 heteroatoms. The maximum atomic E-state index is 12.6. The van der Waals surface area contributed by atoms with Crippen LogP contribution in [0.4, 0.5) is 0 Å². The highest BCUT2D eigenvalue weighted by molar-refractivity contribution is 14.1. The molecule has 1 amide bonds. The van der Waals surface area contributed by atoms with E-state index in [1.54, 1.807) is 0 Å². The molecule has 2 N–H and O–H groups in total. The third-order valence-corrected chi connectivity index (χ3v) is 4.89. The Morgan fingerprint density at radius 1 is 1.47 bits per heavy atom. The second-order valence-electron chi connectivity index (χ2n) is 6.09. The number of hydrogen-bond donors (Lipinski definition) is 1. The molecule has 1 aromatic rings. The predicted molar refractivity (Wildman–Crippen MR) is 86.2 cm³/mol.